The number of piperidine rings is 1. The van der Waals surface area contributed by atoms with Gasteiger partial charge in [0.05, 0.1) is 28.5 Å². The lowest BCUT2D eigenvalue weighted by Gasteiger charge is -2.38. The Hall–Kier alpha value is -3.17. The number of carbonyl (C=O) groups is 1. The zero-order valence-corrected chi connectivity index (χ0v) is 19.2. The van der Waals surface area contributed by atoms with Crippen molar-refractivity contribution < 1.29 is 4.79 Å². The molecular formula is C23H20ClN7OS. The van der Waals surface area contributed by atoms with E-state index in [4.69, 9.17) is 11.6 Å². The van der Waals surface area contributed by atoms with Crippen LogP contribution in [0.25, 0.3) is 5.82 Å². The number of halogens is 1. The number of hydrogen-bond donors (Lipinski definition) is 0. The van der Waals surface area contributed by atoms with Gasteiger partial charge in [-0.2, -0.15) is 5.10 Å². The summed E-state index contributed by atoms with van der Waals surface area (Å²) in [4.78, 5) is 29.5. The number of nitrogens with zero attached hydrogens (tertiary/aromatic N) is 7. The van der Waals surface area contributed by atoms with Gasteiger partial charge in [-0.3, -0.25) is 4.79 Å². The second-order valence-corrected chi connectivity index (χ2v) is 9.77. The minimum Gasteiger partial charge on any atom is -0.355 e. The van der Waals surface area contributed by atoms with Crippen molar-refractivity contribution >= 4 is 35.0 Å². The highest BCUT2D eigenvalue weighted by atomic mass is 35.5. The van der Waals surface area contributed by atoms with Crippen LogP contribution in [0.1, 0.15) is 23.3 Å². The number of anilines is 1. The van der Waals surface area contributed by atoms with E-state index in [0.717, 1.165) is 53.9 Å². The highest BCUT2D eigenvalue weighted by Gasteiger charge is 2.47. The number of fused-ring (bicyclic) bond motifs is 1. The van der Waals surface area contributed by atoms with Gasteiger partial charge < -0.3 is 9.47 Å². The van der Waals surface area contributed by atoms with Gasteiger partial charge in [-0.1, -0.05) is 23.4 Å². The lowest BCUT2D eigenvalue weighted by molar-refractivity contribution is 0.0766. The maximum Gasteiger partial charge on any atom is 0.187 e. The fraction of sp³-hybridized carbons (Fsp3) is 0.261. The van der Waals surface area contributed by atoms with Crippen molar-refractivity contribution in [1.29, 1.82) is 0 Å². The number of hydrogen-bond acceptors (Lipinski definition) is 7. The van der Waals surface area contributed by atoms with E-state index in [2.05, 4.69) is 29.5 Å². The predicted molar refractivity (Wildman–Crippen MR) is 125 cm³/mol. The quantitative estimate of drug-likeness (QED) is 0.436. The molecule has 0 aromatic carbocycles. The molecule has 1 saturated heterocycles. The number of Topliss-reactive ketones (excluding diaryl/α,β-unsaturated/α-hetero) is 1. The maximum atomic E-state index is 12.9. The van der Waals surface area contributed by atoms with Gasteiger partial charge in [-0.25, -0.2) is 19.6 Å². The summed E-state index contributed by atoms with van der Waals surface area (Å²) >= 11 is 8.01. The third-order valence-corrected chi connectivity index (χ3v) is 7.91. The van der Waals surface area contributed by atoms with E-state index in [0.29, 0.717) is 10.8 Å². The molecule has 0 radical (unpaired) electrons. The van der Waals surface area contributed by atoms with Crippen molar-refractivity contribution in [3.63, 3.8) is 0 Å². The highest BCUT2D eigenvalue weighted by molar-refractivity contribution is 7.99. The molecule has 2 aliphatic rings. The van der Waals surface area contributed by atoms with Crippen LogP contribution in [0.5, 0.6) is 0 Å². The lowest BCUT2D eigenvalue weighted by atomic mass is 9.76. The second kappa shape index (κ2) is 8.00. The summed E-state index contributed by atoms with van der Waals surface area (Å²) < 4.78 is 3.72. The Balaban J connectivity index is 1.14. The number of carbonyl (C=O) groups excluding carboxylic acids is 1. The second-order valence-electron chi connectivity index (χ2n) is 8.33. The Morgan fingerprint density at radius 1 is 1.00 bits per heavy atom. The van der Waals surface area contributed by atoms with E-state index in [-0.39, 0.29) is 11.2 Å². The van der Waals surface area contributed by atoms with E-state index in [1.807, 2.05) is 30.5 Å². The molecule has 0 bridgehead atoms. The average molecular weight is 478 g/mol. The zero-order valence-electron chi connectivity index (χ0n) is 17.6. The SMILES string of the molecule is O=C1c2cccn2CC12CCN(c1cnc(Sc3ccnc(-n4cccn4)c3Cl)cn1)CC2. The van der Waals surface area contributed by atoms with Crippen LogP contribution in [-0.2, 0) is 6.54 Å². The van der Waals surface area contributed by atoms with Crippen LogP contribution in [-0.4, -0.2) is 48.2 Å². The molecule has 1 fully saturated rings. The summed E-state index contributed by atoms with van der Waals surface area (Å²) in [6, 6.07) is 7.55. The van der Waals surface area contributed by atoms with Crippen molar-refractivity contribution in [3.05, 3.63) is 72.2 Å². The molecule has 8 nitrogen and oxygen atoms in total. The standard InChI is InChI=1S/C23H20ClN7OS/c24-20-17(4-8-25-22(20)31-10-2-7-28-31)33-19-14-26-18(13-27-19)29-11-5-23(6-12-29)15-30-9-1-3-16(30)21(23)32/h1-4,7-10,13-14H,5-6,11-12,15H2. The molecule has 6 rings (SSSR count). The monoisotopic (exact) mass is 477 g/mol. The van der Waals surface area contributed by atoms with Crippen molar-refractivity contribution in [1.82, 2.24) is 29.3 Å². The van der Waals surface area contributed by atoms with Crippen molar-refractivity contribution in [2.24, 2.45) is 5.41 Å². The van der Waals surface area contributed by atoms with Gasteiger partial charge >= 0.3 is 0 Å². The van der Waals surface area contributed by atoms with Crippen molar-refractivity contribution in [2.75, 3.05) is 18.0 Å². The fourth-order valence-corrected chi connectivity index (χ4v) is 5.72. The molecule has 0 aliphatic carbocycles. The highest BCUT2D eigenvalue weighted by Crippen LogP contribution is 2.42. The minimum atomic E-state index is -0.263. The minimum absolute atomic E-state index is 0.263. The van der Waals surface area contributed by atoms with E-state index in [9.17, 15) is 4.79 Å². The van der Waals surface area contributed by atoms with Crippen molar-refractivity contribution in [3.8, 4) is 5.82 Å². The molecule has 33 heavy (non-hydrogen) atoms. The smallest absolute Gasteiger partial charge is 0.187 e. The van der Waals surface area contributed by atoms with Crippen LogP contribution in [0, 0.1) is 5.41 Å². The molecule has 6 heterocycles. The Kier molecular flexibility index (Phi) is 4.95. The van der Waals surface area contributed by atoms with Crippen molar-refractivity contribution in [2.45, 2.75) is 29.3 Å². The molecule has 0 unspecified atom stereocenters. The van der Waals surface area contributed by atoms with Crippen LogP contribution >= 0.6 is 23.4 Å². The molecule has 4 aromatic rings. The first kappa shape index (κ1) is 20.4. The number of rotatable bonds is 4. The van der Waals surface area contributed by atoms with Crippen LogP contribution in [0.3, 0.4) is 0 Å². The van der Waals surface area contributed by atoms with Gasteiger partial charge in [0.15, 0.2) is 11.6 Å². The predicted octanol–water partition coefficient (Wildman–Crippen LogP) is 4.15. The number of pyridine rings is 1. The van der Waals surface area contributed by atoms with Crippen LogP contribution < -0.4 is 4.90 Å². The molecule has 2 aliphatic heterocycles. The normalized spacial score (nSPS) is 17.0. The molecule has 0 atom stereocenters. The van der Waals surface area contributed by atoms with Gasteiger partial charge in [-0.15, -0.1) is 0 Å². The largest absolute Gasteiger partial charge is 0.355 e. The molecule has 1 spiro atoms. The summed E-state index contributed by atoms with van der Waals surface area (Å²) in [5.41, 5.74) is 0.579. The summed E-state index contributed by atoms with van der Waals surface area (Å²) in [5.74, 6) is 1.69. The Morgan fingerprint density at radius 2 is 1.88 bits per heavy atom. The average Bonchev–Trinajstić information content (AvgIpc) is 3.57. The Labute approximate surface area is 199 Å². The number of ketones is 1. The summed E-state index contributed by atoms with van der Waals surface area (Å²) in [6.07, 6.45) is 12.4. The Morgan fingerprint density at radius 3 is 2.61 bits per heavy atom. The molecule has 0 amide bonds. The first-order valence-electron chi connectivity index (χ1n) is 10.7. The molecule has 166 valence electrons. The third kappa shape index (κ3) is 3.52. The van der Waals surface area contributed by atoms with E-state index < -0.39 is 0 Å². The van der Waals surface area contributed by atoms with Gasteiger partial charge in [0.2, 0.25) is 0 Å². The van der Waals surface area contributed by atoms with Gasteiger partial charge in [-0.05, 0) is 37.1 Å². The van der Waals surface area contributed by atoms with Crippen LogP contribution in [0.4, 0.5) is 5.82 Å². The number of aromatic nitrogens is 6. The first-order chi connectivity index (χ1) is 16.1. The Bertz CT molecular complexity index is 1310. The zero-order chi connectivity index (χ0) is 22.4. The van der Waals surface area contributed by atoms with E-state index in [1.54, 1.807) is 35.7 Å². The molecule has 10 heteroatoms. The maximum absolute atomic E-state index is 12.9. The molecule has 0 saturated carbocycles. The first-order valence-corrected chi connectivity index (χ1v) is 11.9. The summed E-state index contributed by atoms with van der Waals surface area (Å²) in [5, 5.41) is 5.47. The molecule has 4 aromatic heterocycles. The van der Waals surface area contributed by atoms with Gasteiger partial charge in [0.1, 0.15) is 10.8 Å². The molecule has 0 N–H and O–H groups in total. The third-order valence-electron chi connectivity index (χ3n) is 6.45. The summed E-state index contributed by atoms with van der Waals surface area (Å²) in [6.45, 7) is 2.37. The van der Waals surface area contributed by atoms with E-state index >= 15 is 0 Å². The van der Waals surface area contributed by atoms with Crippen LogP contribution in [0.15, 0.2) is 71.4 Å². The molecular weight excluding hydrogens is 458 g/mol. The van der Waals surface area contributed by atoms with E-state index in [1.165, 1.54) is 11.8 Å². The van der Waals surface area contributed by atoms with Gasteiger partial charge in [0, 0.05) is 49.3 Å². The topological polar surface area (TPSA) is 81.7 Å². The summed E-state index contributed by atoms with van der Waals surface area (Å²) in [7, 11) is 0. The fourth-order valence-electron chi connectivity index (χ4n) is 4.66. The lowest BCUT2D eigenvalue weighted by Crippen LogP contribution is -2.44. The van der Waals surface area contributed by atoms with Crippen LogP contribution in [0.2, 0.25) is 5.02 Å². The van der Waals surface area contributed by atoms with Gasteiger partial charge in [0.25, 0.3) is 0 Å².